The summed E-state index contributed by atoms with van der Waals surface area (Å²) in [4.78, 5) is 20.0. The maximum absolute atomic E-state index is 4.59. The van der Waals surface area contributed by atoms with Gasteiger partial charge in [-0.05, 0) is 34.6 Å². The first-order valence-corrected chi connectivity index (χ1v) is 7.36. The Labute approximate surface area is 125 Å². The molecule has 114 valence electrons. The molecule has 0 spiro atoms. The highest BCUT2D eigenvalue weighted by atomic mass is 15.3. The second-order valence-corrected chi connectivity index (χ2v) is 4.75. The summed E-state index contributed by atoms with van der Waals surface area (Å²) in [6.45, 7) is 12.7. The van der Waals surface area contributed by atoms with E-state index in [2.05, 4.69) is 44.0 Å². The highest BCUT2D eigenvalue weighted by Gasteiger charge is 2.14. The lowest BCUT2D eigenvalue weighted by atomic mass is 10.4. The average Bonchev–Trinajstić information content (AvgIpc) is 2.80. The quantitative estimate of drug-likeness (QED) is 0.876. The Hall–Kier alpha value is -2.18. The van der Waals surface area contributed by atoms with Crippen LogP contribution in [0.1, 0.15) is 32.2 Å². The van der Waals surface area contributed by atoms with E-state index in [0.29, 0.717) is 17.8 Å². The van der Waals surface area contributed by atoms with Crippen molar-refractivity contribution in [2.24, 2.45) is 0 Å². The minimum absolute atomic E-state index is 0.593. The van der Waals surface area contributed by atoms with Gasteiger partial charge in [-0.15, -0.1) is 0 Å². The zero-order valence-corrected chi connectivity index (χ0v) is 13.4. The summed E-state index contributed by atoms with van der Waals surface area (Å²) >= 11 is 0. The van der Waals surface area contributed by atoms with Crippen molar-refractivity contribution >= 4 is 11.9 Å². The van der Waals surface area contributed by atoms with E-state index in [1.165, 1.54) is 0 Å². The van der Waals surface area contributed by atoms with Crippen LogP contribution in [-0.2, 0) is 0 Å². The Morgan fingerprint density at radius 2 is 1.81 bits per heavy atom. The van der Waals surface area contributed by atoms with Gasteiger partial charge in [0, 0.05) is 25.3 Å². The summed E-state index contributed by atoms with van der Waals surface area (Å²) in [5.41, 5.74) is 2.01. The van der Waals surface area contributed by atoms with Gasteiger partial charge in [-0.1, -0.05) is 0 Å². The lowest BCUT2D eigenvalue weighted by Gasteiger charge is -2.19. The van der Waals surface area contributed by atoms with Crippen molar-refractivity contribution in [3.63, 3.8) is 0 Å². The molecule has 0 aliphatic rings. The van der Waals surface area contributed by atoms with E-state index >= 15 is 0 Å². The summed E-state index contributed by atoms with van der Waals surface area (Å²) in [5, 5.41) is 3.16. The van der Waals surface area contributed by atoms with Crippen LogP contribution in [0.4, 0.5) is 11.9 Å². The zero-order valence-electron chi connectivity index (χ0n) is 13.4. The molecule has 21 heavy (non-hydrogen) atoms. The molecule has 0 aliphatic heterocycles. The molecular formula is C14H23N7. The number of aryl methyl sites for hydroxylation is 1. The molecule has 0 radical (unpaired) electrons. The van der Waals surface area contributed by atoms with Crippen molar-refractivity contribution in [2.45, 2.75) is 34.6 Å². The Balaban J connectivity index is 2.52. The number of hydrogen-bond donors (Lipinski definition) is 1. The summed E-state index contributed by atoms with van der Waals surface area (Å²) in [7, 11) is 0. The fraction of sp³-hybridized carbons (Fsp3) is 0.571. The van der Waals surface area contributed by atoms with Gasteiger partial charge < -0.3 is 10.2 Å². The molecule has 2 heterocycles. The second-order valence-electron chi connectivity index (χ2n) is 4.75. The van der Waals surface area contributed by atoms with Crippen molar-refractivity contribution in [1.29, 1.82) is 0 Å². The van der Waals surface area contributed by atoms with Gasteiger partial charge in [-0.3, -0.25) is 4.57 Å². The highest BCUT2D eigenvalue weighted by Crippen LogP contribution is 2.15. The van der Waals surface area contributed by atoms with Gasteiger partial charge in [0.25, 0.3) is 0 Å². The molecule has 7 heteroatoms. The third kappa shape index (κ3) is 3.12. The van der Waals surface area contributed by atoms with E-state index in [4.69, 9.17) is 0 Å². The smallest absolute Gasteiger partial charge is 0.241 e. The van der Waals surface area contributed by atoms with Crippen LogP contribution in [0.15, 0.2) is 6.33 Å². The fourth-order valence-corrected chi connectivity index (χ4v) is 2.05. The number of nitrogens with zero attached hydrogens (tertiary/aromatic N) is 6. The van der Waals surface area contributed by atoms with Crippen molar-refractivity contribution in [3.05, 3.63) is 17.7 Å². The normalized spacial score (nSPS) is 10.7. The topological polar surface area (TPSA) is 71.8 Å². The van der Waals surface area contributed by atoms with Gasteiger partial charge in [0.2, 0.25) is 17.8 Å². The molecule has 0 atom stereocenters. The first-order valence-electron chi connectivity index (χ1n) is 7.36. The Kier molecular flexibility index (Phi) is 4.72. The van der Waals surface area contributed by atoms with E-state index in [9.17, 15) is 0 Å². The number of aromatic nitrogens is 5. The Morgan fingerprint density at radius 1 is 1.10 bits per heavy atom. The highest BCUT2D eigenvalue weighted by molar-refractivity contribution is 5.40. The van der Waals surface area contributed by atoms with Crippen molar-refractivity contribution in [3.8, 4) is 5.95 Å². The largest absolute Gasteiger partial charge is 0.354 e. The van der Waals surface area contributed by atoms with E-state index in [-0.39, 0.29) is 0 Å². The van der Waals surface area contributed by atoms with Gasteiger partial charge in [0.05, 0.1) is 5.69 Å². The van der Waals surface area contributed by atoms with Crippen molar-refractivity contribution in [2.75, 3.05) is 29.9 Å². The Bertz CT molecular complexity index is 601. The number of nitrogens with one attached hydrogen (secondary N) is 1. The third-order valence-electron chi connectivity index (χ3n) is 3.46. The van der Waals surface area contributed by atoms with E-state index in [1.807, 2.05) is 25.3 Å². The molecule has 2 rings (SSSR count). The van der Waals surface area contributed by atoms with Gasteiger partial charge >= 0.3 is 0 Å². The molecule has 2 aromatic rings. The van der Waals surface area contributed by atoms with Crippen LogP contribution in [0, 0.1) is 13.8 Å². The number of rotatable bonds is 6. The van der Waals surface area contributed by atoms with Gasteiger partial charge in [0.15, 0.2) is 0 Å². The molecule has 0 aromatic carbocycles. The van der Waals surface area contributed by atoms with Crippen LogP contribution in [0.5, 0.6) is 0 Å². The first-order chi connectivity index (χ1) is 10.1. The zero-order chi connectivity index (χ0) is 15.4. The monoisotopic (exact) mass is 289 g/mol. The number of hydrogen-bond acceptors (Lipinski definition) is 6. The van der Waals surface area contributed by atoms with Gasteiger partial charge in [-0.2, -0.15) is 15.0 Å². The third-order valence-corrected chi connectivity index (χ3v) is 3.46. The van der Waals surface area contributed by atoms with Crippen LogP contribution >= 0.6 is 0 Å². The van der Waals surface area contributed by atoms with Crippen LogP contribution in [-0.4, -0.2) is 44.1 Å². The standard InChI is InChI=1S/C14H23N7/c1-6-15-12-17-13(20(7-2)8-3)19-14(18-12)21-9-16-10(4)11(21)5/h9H,6-8H2,1-5H3,(H,15,17,18,19). The predicted octanol–water partition coefficient (Wildman–Crippen LogP) is 1.95. The summed E-state index contributed by atoms with van der Waals surface area (Å²) in [6, 6.07) is 0. The first kappa shape index (κ1) is 15.2. The maximum atomic E-state index is 4.59. The minimum atomic E-state index is 0.593. The molecule has 0 saturated carbocycles. The van der Waals surface area contributed by atoms with Crippen molar-refractivity contribution < 1.29 is 0 Å². The summed E-state index contributed by atoms with van der Waals surface area (Å²) < 4.78 is 1.89. The van der Waals surface area contributed by atoms with Gasteiger partial charge in [-0.25, -0.2) is 4.98 Å². The van der Waals surface area contributed by atoms with Crippen LogP contribution < -0.4 is 10.2 Å². The number of anilines is 2. The predicted molar refractivity (Wildman–Crippen MR) is 84.1 cm³/mol. The summed E-state index contributed by atoms with van der Waals surface area (Å²) in [6.07, 6.45) is 1.75. The SMILES string of the molecule is CCNc1nc(N(CC)CC)nc(-n2cnc(C)c2C)n1. The minimum Gasteiger partial charge on any atom is -0.354 e. The van der Waals surface area contributed by atoms with Crippen LogP contribution in [0.3, 0.4) is 0 Å². The van der Waals surface area contributed by atoms with Gasteiger partial charge in [0.1, 0.15) is 6.33 Å². The lowest BCUT2D eigenvalue weighted by molar-refractivity contribution is 0.789. The average molecular weight is 289 g/mol. The maximum Gasteiger partial charge on any atom is 0.241 e. The molecule has 0 amide bonds. The summed E-state index contributed by atoms with van der Waals surface area (Å²) in [5.74, 6) is 1.88. The van der Waals surface area contributed by atoms with Crippen molar-refractivity contribution in [1.82, 2.24) is 24.5 Å². The molecule has 7 nitrogen and oxygen atoms in total. The number of imidazole rings is 1. The molecule has 0 bridgehead atoms. The molecule has 1 N–H and O–H groups in total. The van der Waals surface area contributed by atoms with E-state index < -0.39 is 0 Å². The Morgan fingerprint density at radius 3 is 2.33 bits per heavy atom. The van der Waals surface area contributed by atoms with E-state index in [1.54, 1.807) is 6.33 Å². The molecule has 2 aromatic heterocycles. The van der Waals surface area contributed by atoms with Crippen LogP contribution in [0.25, 0.3) is 5.95 Å². The fourth-order valence-electron chi connectivity index (χ4n) is 2.05. The lowest BCUT2D eigenvalue weighted by Crippen LogP contribution is -2.25. The second kappa shape index (κ2) is 6.51. The molecule has 0 saturated heterocycles. The molecular weight excluding hydrogens is 266 g/mol. The van der Waals surface area contributed by atoms with Crippen LogP contribution in [0.2, 0.25) is 0 Å². The van der Waals surface area contributed by atoms with E-state index in [0.717, 1.165) is 31.0 Å². The molecule has 0 fully saturated rings. The molecule has 0 unspecified atom stereocenters. The molecule has 0 aliphatic carbocycles.